The summed E-state index contributed by atoms with van der Waals surface area (Å²) in [6.07, 6.45) is 8.54. The number of likely N-dealkylation sites (tertiary alicyclic amines) is 1. The van der Waals surface area contributed by atoms with Gasteiger partial charge in [0.2, 0.25) is 0 Å². The van der Waals surface area contributed by atoms with Crippen molar-refractivity contribution in [2.75, 3.05) is 44.3 Å². The number of guanidine groups is 1. The van der Waals surface area contributed by atoms with E-state index in [2.05, 4.69) is 17.1 Å². The average Bonchev–Trinajstić information content (AvgIpc) is 3.23. The third kappa shape index (κ3) is 4.44. The maximum Gasteiger partial charge on any atom is 0.194 e. The minimum Gasteiger partial charge on any atom is -0.376 e. The van der Waals surface area contributed by atoms with Gasteiger partial charge in [0.1, 0.15) is 0 Å². The van der Waals surface area contributed by atoms with E-state index in [1.54, 1.807) is 0 Å². The Morgan fingerprint density at radius 1 is 1.26 bits per heavy atom. The minimum absolute atomic E-state index is 0.177. The van der Waals surface area contributed by atoms with Crippen molar-refractivity contribution in [3.8, 4) is 0 Å². The second-order valence-electron chi connectivity index (χ2n) is 9.28. The van der Waals surface area contributed by atoms with E-state index in [1.165, 1.54) is 25.7 Å². The summed E-state index contributed by atoms with van der Waals surface area (Å²) in [6, 6.07) is 0. The number of sulfone groups is 1. The summed E-state index contributed by atoms with van der Waals surface area (Å²) in [5.41, 5.74) is 0.473. The van der Waals surface area contributed by atoms with Crippen molar-refractivity contribution in [1.29, 1.82) is 0 Å². The Morgan fingerprint density at radius 2 is 2.11 bits per heavy atom. The molecule has 27 heavy (non-hydrogen) atoms. The van der Waals surface area contributed by atoms with Gasteiger partial charge in [0, 0.05) is 32.8 Å². The number of aliphatic imine (C=N–C) groups is 1. The molecule has 1 spiro atoms. The van der Waals surface area contributed by atoms with E-state index < -0.39 is 9.84 Å². The smallest absolute Gasteiger partial charge is 0.194 e. The van der Waals surface area contributed by atoms with Gasteiger partial charge in [0.25, 0.3) is 0 Å². The summed E-state index contributed by atoms with van der Waals surface area (Å²) in [4.78, 5) is 7.36. The number of nitrogens with one attached hydrogen (secondary N) is 1. The summed E-state index contributed by atoms with van der Waals surface area (Å²) in [7, 11) is -2.84. The van der Waals surface area contributed by atoms with Crippen molar-refractivity contribution in [2.24, 2.45) is 22.2 Å². The van der Waals surface area contributed by atoms with Crippen LogP contribution in [0.15, 0.2) is 4.99 Å². The molecule has 3 aliphatic heterocycles. The van der Waals surface area contributed by atoms with E-state index in [1.807, 2.05) is 0 Å². The van der Waals surface area contributed by atoms with Crippen molar-refractivity contribution in [3.05, 3.63) is 0 Å². The van der Waals surface area contributed by atoms with Gasteiger partial charge in [0.05, 0.1) is 17.6 Å². The zero-order valence-electron chi connectivity index (χ0n) is 16.7. The van der Waals surface area contributed by atoms with E-state index in [4.69, 9.17) is 9.73 Å². The molecule has 6 nitrogen and oxygen atoms in total. The zero-order valence-corrected chi connectivity index (χ0v) is 17.5. The van der Waals surface area contributed by atoms with Crippen LogP contribution in [0.4, 0.5) is 0 Å². The van der Waals surface area contributed by atoms with Crippen LogP contribution in [0.1, 0.15) is 51.9 Å². The van der Waals surface area contributed by atoms with Crippen LogP contribution in [-0.2, 0) is 14.6 Å². The number of hydrogen-bond acceptors (Lipinski definition) is 4. The van der Waals surface area contributed by atoms with Gasteiger partial charge >= 0.3 is 0 Å². The van der Waals surface area contributed by atoms with Crippen molar-refractivity contribution in [3.63, 3.8) is 0 Å². The largest absolute Gasteiger partial charge is 0.376 e. The maximum absolute atomic E-state index is 11.8. The molecule has 0 radical (unpaired) electrons. The van der Waals surface area contributed by atoms with Crippen molar-refractivity contribution in [2.45, 2.75) is 58.0 Å². The van der Waals surface area contributed by atoms with Crippen LogP contribution < -0.4 is 5.32 Å². The van der Waals surface area contributed by atoms with Gasteiger partial charge in [-0.15, -0.1) is 0 Å². The van der Waals surface area contributed by atoms with Crippen LogP contribution in [0.5, 0.6) is 0 Å². The molecule has 3 atom stereocenters. The highest BCUT2D eigenvalue weighted by Crippen LogP contribution is 2.50. The lowest BCUT2D eigenvalue weighted by atomic mass is 9.59. The highest BCUT2D eigenvalue weighted by molar-refractivity contribution is 7.91. The topological polar surface area (TPSA) is 71.0 Å². The van der Waals surface area contributed by atoms with Crippen molar-refractivity contribution >= 4 is 15.8 Å². The Hall–Kier alpha value is -0.820. The molecule has 0 bridgehead atoms. The first-order valence-electron chi connectivity index (χ1n) is 10.8. The molecule has 1 aliphatic carbocycles. The van der Waals surface area contributed by atoms with E-state index in [0.29, 0.717) is 23.5 Å². The summed E-state index contributed by atoms with van der Waals surface area (Å²) in [5.74, 6) is 2.58. The number of ether oxygens (including phenoxy) is 1. The number of nitrogens with zero attached hydrogens (tertiary/aromatic N) is 2. The molecule has 3 heterocycles. The lowest BCUT2D eigenvalue weighted by Crippen LogP contribution is -2.56. The first-order valence-corrected chi connectivity index (χ1v) is 12.6. The number of piperidine rings is 1. The van der Waals surface area contributed by atoms with Crippen LogP contribution in [0, 0.1) is 17.3 Å². The highest BCUT2D eigenvalue weighted by atomic mass is 32.2. The van der Waals surface area contributed by atoms with E-state index >= 15 is 0 Å². The van der Waals surface area contributed by atoms with Gasteiger partial charge in [-0.2, -0.15) is 0 Å². The molecule has 0 amide bonds. The molecule has 0 aromatic heterocycles. The van der Waals surface area contributed by atoms with Gasteiger partial charge in [-0.05, 0) is 55.8 Å². The number of hydrogen-bond donors (Lipinski definition) is 1. The van der Waals surface area contributed by atoms with Gasteiger partial charge < -0.3 is 15.0 Å². The second-order valence-corrected chi connectivity index (χ2v) is 11.5. The zero-order chi connectivity index (χ0) is 18.9. The lowest BCUT2D eigenvalue weighted by Gasteiger charge is -2.53. The Morgan fingerprint density at radius 3 is 2.74 bits per heavy atom. The van der Waals surface area contributed by atoms with Crippen LogP contribution in [0.2, 0.25) is 0 Å². The fraction of sp³-hybridized carbons (Fsp3) is 0.950. The Labute approximate surface area is 164 Å². The van der Waals surface area contributed by atoms with Crippen LogP contribution in [0.25, 0.3) is 0 Å². The molecule has 4 fully saturated rings. The van der Waals surface area contributed by atoms with E-state index in [0.717, 1.165) is 57.4 Å². The molecular weight excluding hydrogens is 362 g/mol. The molecule has 4 aliphatic rings. The fourth-order valence-corrected chi connectivity index (χ4v) is 7.09. The standard InChI is InChI=1S/C20H35N3O3S/c1-16-5-9-23(15-20(16)7-3-8-20)19(22-13-18-4-2-10-26-18)21-12-17-6-11-27(24,25)14-17/h16-18H,2-15H2,1H3,(H,21,22). The van der Waals surface area contributed by atoms with E-state index in [9.17, 15) is 8.42 Å². The fourth-order valence-electron chi connectivity index (χ4n) is 5.24. The molecule has 7 heteroatoms. The molecule has 1 saturated carbocycles. The molecule has 4 rings (SSSR count). The summed E-state index contributed by atoms with van der Waals surface area (Å²) in [5, 5.41) is 3.58. The SMILES string of the molecule is CC1CCN(C(=NCC2CCS(=O)(=O)C2)NCC2CCCO2)CC12CCC2. The Kier molecular flexibility index (Phi) is 5.70. The van der Waals surface area contributed by atoms with Gasteiger partial charge in [-0.3, -0.25) is 4.99 Å². The predicted molar refractivity (Wildman–Crippen MR) is 108 cm³/mol. The Balaban J connectivity index is 1.42. The maximum atomic E-state index is 11.8. The molecule has 3 saturated heterocycles. The molecule has 0 aromatic rings. The third-order valence-corrected chi connectivity index (χ3v) is 9.21. The minimum atomic E-state index is -2.84. The lowest BCUT2D eigenvalue weighted by molar-refractivity contribution is -0.00540. The molecule has 3 unspecified atom stereocenters. The first kappa shape index (κ1) is 19.5. The number of rotatable bonds is 4. The summed E-state index contributed by atoms with van der Waals surface area (Å²) < 4.78 is 29.3. The van der Waals surface area contributed by atoms with Crippen molar-refractivity contribution < 1.29 is 13.2 Å². The second kappa shape index (κ2) is 7.90. The highest BCUT2D eigenvalue weighted by Gasteiger charge is 2.46. The van der Waals surface area contributed by atoms with Gasteiger partial charge in [-0.1, -0.05) is 13.3 Å². The molecular formula is C20H35N3O3S. The van der Waals surface area contributed by atoms with Crippen molar-refractivity contribution in [1.82, 2.24) is 10.2 Å². The normalized spacial score (nSPS) is 35.4. The third-order valence-electron chi connectivity index (χ3n) is 7.37. The van der Waals surface area contributed by atoms with Crippen LogP contribution in [-0.4, -0.2) is 69.7 Å². The molecule has 154 valence electrons. The van der Waals surface area contributed by atoms with Crippen LogP contribution >= 0.6 is 0 Å². The first-order chi connectivity index (χ1) is 13.0. The summed E-state index contributed by atoms with van der Waals surface area (Å²) >= 11 is 0. The molecule has 1 N–H and O–H groups in total. The molecule has 0 aromatic carbocycles. The predicted octanol–water partition coefficient (Wildman–Crippen LogP) is 2.06. The van der Waals surface area contributed by atoms with Gasteiger partial charge in [0.15, 0.2) is 15.8 Å². The van der Waals surface area contributed by atoms with Gasteiger partial charge in [-0.25, -0.2) is 8.42 Å². The van der Waals surface area contributed by atoms with Crippen LogP contribution in [0.3, 0.4) is 0 Å². The Bertz CT molecular complexity index is 653. The average molecular weight is 398 g/mol. The quantitative estimate of drug-likeness (QED) is 0.581. The van der Waals surface area contributed by atoms with E-state index in [-0.39, 0.29) is 12.0 Å². The monoisotopic (exact) mass is 397 g/mol. The summed E-state index contributed by atoms with van der Waals surface area (Å²) in [6.45, 7) is 6.84.